The van der Waals surface area contributed by atoms with Crippen LogP contribution in [0.4, 0.5) is 0 Å². The van der Waals surface area contributed by atoms with E-state index in [0.29, 0.717) is 48.9 Å². The Balaban J connectivity index is 1.41. The van der Waals surface area contributed by atoms with Crippen LogP contribution < -0.4 is 14.2 Å². The van der Waals surface area contributed by atoms with Gasteiger partial charge < -0.3 is 23.8 Å². The molecule has 0 spiro atoms. The number of piperazine rings is 1. The molecule has 1 fully saturated rings. The van der Waals surface area contributed by atoms with E-state index in [1.54, 1.807) is 51.7 Å². The van der Waals surface area contributed by atoms with E-state index < -0.39 is 0 Å². The fourth-order valence-electron chi connectivity index (χ4n) is 4.48. The molecule has 0 radical (unpaired) electrons. The highest BCUT2D eigenvalue weighted by molar-refractivity contribution is 5.97. The molecule has 38 heavy (non-hydrogen) atoms. The van der Waals surface area contributed by atoms with Gasteiger partial charge in [-0.05, 0) is 47.5 Å². The lowest BCUT2D eigenvalue weighted by Gasteiger charge is -2.36. The maximum atomic E-state index is 13.2. The first-order chi connectivity index (χ1) is 18.5. The second kappa shape index (κ2) is 13.0. The molecule has 0 aliphatic carbocycles. The van der Waals surface area contributed by atoms with Gasteiger partial charge in [-0.3, -0.25) is 9.69 Å². The third-order valence-electron chi connectivity index (χ3n) is 6.72. The van der Waals surface area contributed by atoms with Gasteiger partial charge in [-0.25, -0.2) is 0 Å². The Morgan fingerprint density at radius 1 is 0.895 bits per heavy atom. The van der Waals surface area contributed by atoms with E-state index in [1.807, 2.05) is 41.3 Å². The molecule has 1 amide bonds. The molecule has 0 aromatic heterocycles. The summed E-state index contributed by atoms with van der Waals surface area (Å²) in [6, 6.07) is 22.7. The molecule has 4 rings (SSSR count). The molecule has 8 nitrogen and oxygen atoms in total. The first kappa shape index (κ1) is 27.0. The van der Waals surface area contributed by atoms with Crippen LogP contribution in [0.5, 0.6) is 17.2 Å². The summed E-state index contributed by atoms with van der Waals surface area (Å²) in [4.78, 5) is 17.4. The molecular weight excluding hydrogens is 482 g/mol. The van der Waals surface area contributed by atoms with Crippen molar-refractivity contribution in [3.8, 4) is 23.3 Å². The van der Waals surface area contributed by atoms with Crippen molar-refractivity contribution in [2.45, 2.75) is 12.7 Å². The largest absolute Gasteiger partial charge is 0.497 e. The summed E-state index contributed by atoms with van der Waals surface area (Å²) in [5.41, 5.74) is 3.18. The summed E-state index contributed by atoms with van der Waals surface area (Å²) in [7, 11) is 4.79. The molecule has 0 saturated carbocycles. The molecule has 1 saturated heterocycles. The van der Waals surface area contributed by atoms with E-state index in [9.17, 15) is 4.79 Å². The molecule has 3 aromatic carbocycles. The van der Waals surface area contributed by atoms with E-state index in [4.69, 9.17) is 24.2 Å². The molecular formula is C30H33N3O5. The van der Waals surface area contributed by atoms with Crippen LogP contribution in [0.25, 0.3) is 0 Å². The Labute approximate surface area is 223 Å². The van der Waals surface area contributed by atoms with Gasteiger partial charge in [-0.15, -0.1) is 0 Å². The van der Waals surface area contributed by atoms with Crippen molar-refractivity contribution in [2.75, 3.05) is 54.1 Å². The lowest BCUT2D eigenvalue weighted by Crippen LogP contribution is -2.49. The average molecular weight is 516 g/mol. The lowest BCUT2D eigenvalue weighted by molar-refractivity contribution is 0.00331. The third kappa shape index (κ3) is 6.62. The van der Waals surface area contributed by atoms with E-state index in [1.165, 1.54) is 0 Å². The molecule has 0 unspecified atom stereocenters. The van der Waals surface area contributed by atoms with Gasteiger partial charge in [0.25, 0.3) is 5.91 Å². The van der Waals surface area contributed by atoms with Crippen LogP contribution in [0.2, 0.25) is 0 Å². The number of methoxy groups -OCH3 is 3. The van der Waals surface area contributed by atoms with Crippen LogP contribution in [-0.2, 0) is 11.3 Å². The van der Waals surface area contributed by atoms with Crippen molar-refractivity contribution < 1.29 is 23.7 Å². The number of benzene rings is 3. The summed E-state index contributed by atoms with van der Waals surface area (Å²) in [6.45, 7) is 3.76. The highest BCUT2D eigenvalue weighted by Crippen LogP contribution is 2.28. The molecule has 3 aromatic rings. The second-order valence-electron chi connectivity index (χ2n) is 9.04. The molecule has 8 heteroatoms. The molecule has 1 aliphatic rings. The average Bonchev–Trinajstić information content (AvgIpc) is 2.99. The van der Waals surface area contributed by atoms with Gasteiger partial charge in [0.2, 0.25) is 0 Å². The van der Waals surface area contributed by atoms with E-state index >= 15 is 0 Å². The highest BCUT2D eigenvalue weighted by atomic mass is 16.5. The van der Waals surface area contributed by atoms with Gasteiger partial charge in [0, 0.05) is 38.8 Å². The zero-order valence-corrected chi connectivity index (χ0v) is 22.1. The molecule has 198 valence electrons. The summed E-state index contributed by atoms with van der Waals surface area (Å²) in [6.07, 6.45) is -0.190. The number of nitriles is 1. The van der Waals surface area contributed by atoms with Crippen molar-refractivity contribution in [3.63, 3.8) is 0 Å². The number of ether oxygens (including phenoxy) is 4. The fourth-order valence-corrected chi connectivity index (χ4v) is 4.48. The Morgan fingerprint density at radius 3 is 2.26 bits per heavy atom. The first-order valence-corrected chi connectivity index (χ1v) is 12.5. The number of amides is 1. The minimum atomic E-state index is -0.190. The van der Waals surface area contributed by atoms with Gasteiger partial charge in [0.05, 0.1) is 51.2 Å². The van der Waals surface area contributed by atoms with Crippen molar-refractivity contribution in [1.82, 2.24) is 9.80 Å². The maximum Gasteiger partial charge on any atom is 0.257 e. The Hall–Kier alpha value is -4.06. The molecule has 0 bridgehead atoms. The van der Waals surface area contributed by atoms with Crippen LogP contribution >= 0.6 is 0 Å². The van der Waals surface area contributed by atoms with Gasteiger partial charge in [0.1, 0.15) is 17.2 Å². The van der Waals surface area contributed by atoms with Crippen molar-refractivity contribution in [2.24, 2.45) is 0 Å². The third-order valence-corrected chi connectivity index (χ3v) is 6.72. The predicted octanol–water partition coefficient (Wildman–Crippen LogP) is 4.30. The van der Waals surface area contributed by atoms with E-state index in [-0.39, 0.29) is 12.0 Å². The van der Waals surface area contributed by atoms with Crippen molar-refractivity contribution in [1.29, 1.82) is 5.26 Å². The number of hydrogen-bond acceptors (Lipinski definition) is 7. The Bertz CT molecular complexity index is 1260. The normalized spacial score (nSPS) is 14.4. The van der Waals surface area contributed by atoms with Gasteiger partial charge in [-0.2, -0.15) is 5.26 Å². The SMILES string of the molecule is COc1cccc([C@@H](CN2CCN(C(=O)c3ccc(OC)cc3OC)CC2)OCc2ccc(C#N)cc2)c1. The van der Waals surface area contributed by atoms with Crippen LogP contribution in [0.3, 0.4) is 0 Å². The van der Waals surface area contributed by atoms with Crippen LogP contribution in [0, 0.1) is 11.3 Å². The Kier molecular flexibility index (Phi) is 9.20. The number of hydrogen-bond donors (Lipinski definition) is 0. The number of rotatable bonds is 10. The number of carbonyl (C=O) groups excluding carboxylic acids is 1. The Morgan fingerprint density at radius 2 is 1.61 bits per heavy atom. The van der Waals surface area contributed by atoms with E-state index in [2.05, 4.69) is 11.0 Å². The molecule has 0 N–H and O–H groups in total. The van der Waals surface area contributed by atoms with Crippen LogP contribution in [0.15, 0.2) is 66.7 Å². The van der Waals surface area contributed by atoms with Crippen molar-refractivity contribution >= 4 is 5.91 Å². The summed E-state index contributed by atoms with van der Waals surface area (Å²) in [5.74, 6) is 1.88. The number of carbonyl (C=O) groups is 1. The fraction of sp³-hybridized carbons (Fsp3) is 0.333. The molecule has 1 heterocycles. The quantitative estimate of drug-likeness (QED) is 0.398. The van der Waals surface area contributed by atoms with Crippen molar-refractivity contribution in [3.05, 3.63) is 89.0 Å². The zero-order chi connectivity index (χ0) is 26.9. The lowest BCUT2D eigenvalue weighted by atomic mass is 10.1. The zero-order valence-electron chi connectivity index (χ0n) is 22.1. The molecule has 1 atom stereocenters. The highest BCUT2D eigenvalue weighted by Gasteiger charge is 2.26. The first-order valence-electron chi connectivity index (χ1n) is 12.5. The predicted molar refractivity (Wildman–Crippen MR) is 144 cm³/mol. The van der Waals surface area contributed by atoms with E-state index in [0.717, 1.165) is 30.0 Å². The van der Waals surface area contributed by atoms with Gasteiger partial charge in [-0.1, -0.05) is 24.3 Å². The maximum absolute atomic E-state index is 13.2. The number of nitrogens with zero attached hydrogens (tertiary/aromatic N) is 3. The summed E-state index contributed by atoms with van der Waals surface area (Å²) >= 11 is 0. The van der Waals surface area contributed by atoms with Crippen LogP contribution in [-0.4, -0.2) is 69.8 Å². The van der Waals surface area contributed by atoms with Gasteiger partial charge >= 0.3 is 0 Å². The smallest absolute Gasteiger partial charge is 0.257 e. The standard InChI is InChI=1S/C30H33N3O5/c1-35-25-6-4-5-24(17-25)29(38-21-23-9-7-22(19-31)8-10-23)20-32-13-15-33(16-14-32)30(34)27-12-11-26(36-2)18-28(27)37-3/h4-12,17-18,29H,13-16,20-21H2,1-3H3/t29-/m1/s1. The van der Waals surface area contributed by atoms with Gasteiger partial charge in [0.15, 0.2) is 0 Å². The topological polar surface area (TPSA) is 84.3 Å². The monoisotopic (exact) mass is 515 g/mol. The molecule has 1 aliphatic heterocycles. The minimum Gasteiger partial charge on any atom is -0.497 e. The van der Waals surface area contributed by atoms with Crippen LogP contribution in [0.1, 0.15) is 33.2 Å². The summed E-state index contributed by atoms with van der Waals surface area (Å²) < 4.78 is 22.5. The second-order valence-corrected chi connectivity index (χ2v) is 9.04. The minimum absolute atomic E-state index is 0.0504. The summed E-state index contributed by atoms with van der Waals surface area (Å²) in [5, 5.41) is 9.06.